The van der Waals surface area contributed by atoms with E-state index in [4.69, 9.17) is 10.5 Å². The van der Waals surface area contributed by atoms with Crippen LogP contribution in [0.5, 0.6) is 0 Å². The Labute approximate surface area is 129 Å². The Morgan fingerprint density at radius 2 is 2.10 bits per heavy atom. The summed E-state index contributed by atoms with van der Waals surface area (Å²) in [6, 6.07) is 8.81. The van der Waals surface area contributed by atoms with E-state index in [0.29, 0.717) is 12.5 Å². The van der Waals surface area contributed by atoms with Gasteiger partial charge in [0.1, 0.15) is 0 Å². The van der Waals surface area contributed by atoms with Gasteiger partial charge in [-0.1, -0.05) is 31.2 Å². The van der Waals surface area contributed by atoms with Crippen LogP contribution in [-0.4, -0.2) is 37.7 Å². The third-order valence-electron chi connectivity index (χ3n) is 4.93. The quantitative estimate of drug-likeness (QED) is 0.875. The molecule has 21 heavy (non-hydrogen) atoms. The molecule has 0 saturated heterocycles. The summed E-state index contributed by atoms with van der Waals surface area (Å²) in [5.41, 5.74) is 9.09. The molecular formula is C18H30N2O. The summed E-state index contributed by atoms with van der Waals surface area (Å²) in [4.78, 5) is 2.40. The SMILES string of the molecule is CC(C)OCCN(C)C1(CN)CCC(C)c2ccccc21. The van der Waals surface area contributed by atoms with E-state index in [1.165, 1.54) is 17.5 Å². The van der Waals surface area contributed by atoms with Crippen molar-refractivity contribution >= 4 is 0 Å². The predicted octanol–water partition coefficient (Wildman–Crippen LogP) is 3.09. The molecule has 0 aromatic heterocycles. The molecule has 0 heterocycles. The average Bonchev–Trinajstić information content (AvgIpc) is 2.48. The molecular weight excluding hydrogens is 260 g/mol. The summed E-state index contributed by atoms with van der Waals surface area (Å²) in [5, 5.41) is 0. The molecule has 0 radical (unpaired) electrons. The van der Waals surface area contributed by atoms with Gasteiger partial charge in [-0.2, -0.15) is 0 Å². The molecule has 0 amide bonds. The molecule has 2 atom stereocenters. The van der Waals surface area contributed by atoms with Gasteiger partial charge < -0.3 is 10.5 Å². The van der Waals surface area contributed by atoms with Crippen molar-refractivity contribution in [3.63, 3.8) is 0 Å². The molecule has 1 aromatic carbocycles. The van der Waals surface area contributed by atoms with Gasteiger partial charge in [0.05, 0.1) is 18.2 Å². The highest BCUT2D eigenvalue weighted by molar-refractivity contribution is 5.39. The molecule has 1 aliphatic carbocycles. The van der Waals surface area contributed by atoms with Crippen molar-refractivity contribution in [2.75, 3.05) is 26.7 Å². The highest BCUT2D eigenvalue weighted by atomic mass is 16.5. The third-order valence-corrected chi connectivity index (χ3v) is 4.93. The number of hydrogen-bond acceptors (Lipinski definition) is 3. The molecule has 1 aromatic rings. The summed E-state index contributed by atoms with van der Waals surface area (Å²) in [7, 11) is 2.18. The minimum atomic E-state index is -0.0383. The van der Waals surface area contributed by atoms with Crippen LogP contribution in [0.3, 0.4) is 0 Å². The smallest absolute Gasteiger partial charge is 0.0597 e. The van der Waals surface area contributed by atoms with E-state index in [2.05, 4.69) is 57.0 Å². The number of likely N-dealkylation sites (N-methyl/N-ethyl adjacent to an activating group) is 1. The van der Waals surface area contributed by atoms with E-state index >= 15 is 0 Å². The maximum absolute atomic E-state index is 6.25. The lowest BCUT2D eigenvalue weighted by atomic mass is 9.71. The van der Waals surface area contributed by atoms with E-state index in [-0.39, 0.29) is 11.6 Å². The molecule has 1 aliphatic rings. The van der Waals surface area contributed by atoms with E-state index in [1.807, 2.05) is 0 Å². The van der Waals surface area contributed by atoms with Gasteiger partial charge in [0, 0.05) is 13.1 Å². The van der Waals surface area contributed by atoms with Crippen molar-refractivity contribution in [1.82, 2.24) is 4.90 Å². The van der Waals surface area contributed by atoms with E-state index in [0.717, 1.165) is 19.6 Å². The van der Waals surface area contributed by atoms with Crippen molar-refractivity contribution in [3.8, 4) is 0 Å². The molecule has 0 aliphatic heterocycles. The molecule has 3 heteroatoms. The van der Waals surface area contributed by atoms with Crippen molar-refractivity contribution in [2.45, 2.75) is 51.2 Å². The van der Waals surface area contributed by atoms with Gasteiger partial charge in [0.25, 0.3) is 0 Å². The largest absolute Gasteiger partial charge is 0.377 e. The molecule has 0 saturated carbocycles. The van der Waals surface area contributed by atoms with Gasteiger partial charge in [-0.25, -0.2) is 0 Å². The second kappa shape index (κ2) is 6.91. The average molecular weight is 290 g/mol. The van der Waals surface area contributed by atoms with Crippen LogP contribution in [0.4, 0.5) is 0 Å². The Kier molecular flexibility index (Phi) is 5.42. The Morgan fingerprint density at radius 3 is 2.76 bits per heavy atom. The molecule has 0 fully saturated rings. The van der Waals surface area contributed by atoms with Crippen LogP contribution >= 0.6 is 0 Å². The minimum Gasteiger partial charge on any atom is -0.377 e. The fraction of sp³-hybridized carbons (Fsp3) is 0.667. The Morgan fingerprint density at radius 1 is 1.38 bits per heavy atom. The van der Waals surface area contributed by atoms with Crippen molar-refractivity contribution < 1.29 is 4.74 Å². The van der Waals surface area contributed by atoms with Crippen molar-refractivity contribution in [3.05, 3.63) is 35.4 Å². The lowest BCUT2D eigenvalue weighted by molar-refractivity contribution is 0.0266. The Hall–Kier alpha value is -0.900. The molecule has 2 unspecified atom stereocenters. The van der Waals surface area contributed by atoms with Crippen LogP contribution in [0.2, 0.25) is 0 Å². The molecule has 3 nitrogen and oxygen atoms in total. The van der Waals surface area contributed by atoms with Gasteiger partial charge in [-0.3, -0.25) is 4.90 Å². The zero-order valence-electron chi connectivity index (χ0n) is 13.9. The molecule has 2 rings (SSSR count). The number of nitrogens with two attached hydrogens (primary N) is 1. The zero-order chi connectivity index (χ0) is 15.5. The van der Waals surface area contributed by atoms with Gasteiger partial charge >= 0.3 is 0 Å². The Balaban J connectivity index is 2.23. The van der Waals surface area contributed by atoms with Crippen LogP contribution < -0.4 is 5.73 Å². The number of hydrogen-bond donors (Lipinski definition) is 1. The van der Waals surface area contributed by atoms with Crippen LogP contribution in [0.1, 0.15) is 50.7 Å². The summed E-state index contributed by atoms with van der Waals surface area (Å²) < 4.78 is 5.72. The van der Waals surface area contributed by atoms with Gasteiger partial charge in [0.2, 0.25) is 0 Å². The summed E-state index contributed by atoms with van der Waals surface area (Å²) in [6.45, 7) is 8.81. The summed E-state index contributed by atoms with van der Waals surface area (Å²) >= 11 is 0. The molecule has 0 spiro atoms. The lowest BCUT2D eigenvalue weighted by Gasteiger charge is -2.47. The highest BCUT2D eigenvalue weighted by Gasteiger charge is 2.40. The van der Waals surface area contributed by atoms with E-state index < -0.39 is 0 Å². The third kappa shape index (κ3) is 3.31. The first-order valence-corrected chi connectivity index (χ1v) is 8.13. The second-order valence-corrected chi connectivity index (χ2v) is 6.60. The fourth-order valence-electron chi connectivity index (χ4n) is 3.50. The highest BCUT2D eigenvalue weighted by Crippen LogP contribution is 2.43. The number of rotatable bonds is 6. The first kappa shape index (κ1) is 16.5. The number of benzene rings is 1. The van der Waals surface area contributed by atoms with Gasteiger partial charge in [-0.15, -0.1) is 0 Å². The number of ether oxygens (including phenoxy) is 1. The molecule has 0 bridgehead atoms. The monoisotopic (exact) mass is 290 g/mol. The van der Waals surface area contributed by atoms with Gasteiger partial charge in [-0.05, 0) is 50.8 Å². The first-order chi connectivity index (χ1) is 10.0. The number of nitrogens with zero attached hydrogens (tertiary/aromatic N) is 1. The zero-order valence-corrected chi connectivity index (χ0v) is 13.9. The predicted molar refractivity (Wildman–Crippen MR) is 88.5 cm³/mol. The fourth-order valence-corrected chi connectivity index (χ4v) is 3.50. The first-order valence-electron chi connectivity index (χ1n) is 8.13. The van der Waals surface area contributed by atoms with E-state index in [9.17, 15) is 0 Å². The topological polar surface area (TPSA) is 38.5 Å². The van der Waals surface area contributed by atoms with Crippen LogP contribution in [0.15, 0.2) is 24.3 Å². The molecule has 2 N–H and O–H groups in total. The minimum absolute atomic E-state index is 0.0383. The number of fused-ring (bicyclic) bond motifs is 1. The maximum Gasteiger partial charge on any atom is 0.0597 e. The van der Waals surface area contributed by atoms with Crippen LogP contribution in [-0.2, 0) is 10.3 Å². The standard InChI is InChI=1S/C18H30N2O/c1-14(2)21-12-11-20(4)18(13-19)10-9-15(3)16-7-5-6-8-17(16)18/h5-8,14-15H,9-13,19H2,1-4H3. The maximum atomic E-state index is 6.25. The van der Waals surface area contributed by atoms with Gasteiger partial charge in [0.15, 0.2) is 0 Å². The normalized spacial score (nSPS) is 25.4. The van der Waals surface area contributed by atoms with Crippen molar-refractivity contribution in [2.24, 2.45) is 5.73 Å². The Bertz CT molecular complexity index is 460. The second-order valence-electron chi connectivity index (χ2n) is 6.60. The van der Waals surface area contributed by atoms with Crippen LogP contribution in [0.25, 0.3) is 0 Å². The van der Waals surface area contributed by atoms with E-state index in [1.54, 1.807) is 0 Å². The lowest BCUT2D eigenvalue weighted by Crippen LogP contribution is -2.52. The molecule has 118 valence electrons. The summed E-state index contributed by atoms with van der Waals surface area (Å²) in [6.07, 6.45) is 2.61. The summed E-state index contributed by atoms with van der Waals surface area (Å²) in [5.74, 6) is 0.626. The van der Waals surface area contributed by atoms with Crippen LogP contribution in [0, 0.1) is 0 Å². The van der Waals surface area contributed by atoms with Crippen molar-refractivity contribution in [1.29, 1.82) is 0 Å².